The van der Waals surface area contributed by atoms with Crippen LogP contribution in [-0.4, -0.2) is 24.6 Å². The molecular formula is C23H25N5O2. The van der Waals surface area contributed by atoms with Gasteiger partial charge in [0.1, 0.15) is 0 Å². The van der Waals surface area contributed by atoms with Gasteiger partial charge in [-0.3, -0.25) is 13.9 Å². The molecule has 154 valence electrons. The van der Waals surface area contributed by atoms with Crippen molar-refractivity contribution in [3.8, 4) is 0 Å². The lowest BCUT2D eigenvalue weighted by Crippen LogP contribution is -2.26. The second-order valence-corrected chi connectivity index (χ2v) is 7.31. The minimum Gasteiger partial charge on any atom is -0.333 e. The zero-order valence-corrected chi connectivity index (χ0v) is 17.0. The molecule has 1 amide bonds. The molecule has 2 aromatic heterocycles. The zero-order valence-electron chi connectivity index (χ0n) is 17.0. The molecule has 0 saturated carbocycles. The number of para-hydroxylation sites is 2. The molecule has 0 aliphatic heterocycles. The number of imidazole rings is 2. The van der Waals surface area contributed by atoms with Gasteiger partial charge in [0.25, 0.3) is 0 Å². The molecule has 0 saturated heterocycles. The number of hydrogen-bond donors (Lipinski definition) is 1. The van der Waals surface area contributed by atoms with Crippen molar-refractivity contribution >= 4 is 22.6 Å². The summed E-state index contributed by atoms with van der Waals surface area (Å²) in [7, 11) is 0. The van der Waals surface area contributed by atoms with E-state index in [-0.39, 0.29) is 18.0 Å². The van der Waals surface area contributed by atoms with Crippen molar-refractivity contribution < 1.29 is 4.79 Å². The molecule has 0 aliphatic rings. The van der Waals surface area contributed by atoms with Crippen LogP contribution in [0.4, 0.5) is 5.69 Å². The number of aromatic nitrogens is 4. The van der Waals surface area contributed by atoms with Gasteiger partial charge in [-0.25, -0.2) is 9.78 Å². The van der Waals surface area contributed by atoms with Crippen molar-refractivity contribution in [2.24, 2.45) is 0 Å². The van der Waals surface area contributed by atoms with E-state index in [0.29, 0.717) is 19.6 Å². The fourth-order valence-corrected chi connectivity index (χ4v) is 3.70. The summed E-state index contributed by atoms with van der Waals surface area (Å²) in [6.07, 6.45) is 6.51. The number of amides is 1. The first-order valence-corrected chi connectivity index (χ1v) is 10.2. The molecule has 2 aromatic carbocycles. The molecule has 30 heavy (non-hydrogen) atoms. The molecule has 0 aliphatic carbocycles. The molecular weight excluding hydrogens is 378 g/mol. The van der Waals surface area contributed by atoms with Gasteiger partial charge >= 0.3 is 5.69 Å². The SMILES string of the molecule is CCCn1c(=O)n(CCC(=O)Nc2cccc(Cn3ccnc3)c2)c2ccccc21. The largest absolute Gasteiger partial charge is 0.333 e. The Morgan fingerprint density at radius 2 is 1.80 bits per heavy atom. The highest BCUT2D eigenvalue weighted by Gasteiger charge is 2.13. The third-order valence-corrected chi connectivity index (χ3v) is 5.07. The van der Waals surface area contributed by atoms with Gasteiger partial charge in [0.15, 0.2) is 0 Å². The van der Waals surface area contributed by atoms with Crippen LogP contribution in [0.5, 0.6) is 0 Å². The van der Waals surface area contributed by atoms with Crippen LogP contribution in [-0.2, 0) is 24.4 Å². The van der Waals surface area contributed by atoms with E-state index in [0.717, 1.165) is 28.7 Å². The lowest BCUT2D eigenvalue weighted by Gasteiger charge is -2.09. The molecule has 1 N–H and O–H groups in total. The first-order chi connectivity index (χ1) is 14.7. The summed E-state index contributed by atoms with van der Waals surface area (Å²) >= 11 is 0. The highest BCUT2D eigenvalue weighted by molar-refractivity contribution is 5.90. The molecule has 0 spiro atoms. The van der Waals surface area contributed by atoms with Gasteiger partial charge in [-0.15, -0.1) is 0 Å². The first-order valence-electron chi connectivity index (χ1n) is 10.2. The molecule has 0 bridgehead atoms. The van der Waals surface area contributed by atoms with Gasteiger partial charge in [0, 0.05) is 44.1 Å². The first kappa shape index (κ1) is 19.7. The lowest BCUT2D eigenvalue weighted by atomic mass is 10.2. The molecule has 0 unspecified atom stereocenters. The molecule has 0 fully saturated rings. The van der Waals surface area contributed by atoms with Crippen molar-refractivity contribution in [2.45, 2.75) is 39.4 Å². The maximum absolute atomic E-state index is 12.8. The lowest BCUT2D eigenvalue weighted by molar-refractivity contribution is -0.116. The number of carbonyl (C=O) groups is 1. The summed E-state index contributed by atoms with van der Waals surface area (Å²) in [5.41, 5.74) is 3.54. The van der Waals surface area contributed by atoms with E-state index < -0.39 is 0 Å². The van der Waals surface area contributed by atoms with E-state index >= 15 is 0 Å². The third-order valence-electron chi connectivity index (χ3n) is 5.07. The predicted octanol–water partition coefficient (Wildman–Crippen LogP) is 3.49. The maximum atomic E-state index is 12.8. The Morgan fingerprint density at radius 1 is 1.03 bits per heavy atom. The Balaban J connectivity index is 1.45. The predicted molar refractivity (Wildman–Crippen MR) is 118 cm³/mol. The summed E-state index contributed by atoms with van der Waals surface area (Å²) in [4.78, 5) is 29.4. The number of fused-ring (bicyclic) bond motifs is 1. The minimum atomic E-state index is -0.117. The van der Waals surface area contributed by atoms with E-state index in [4.69, 9.17) is 0 Å². The van der Waals surface area contributed by atoms with Crippen LogP contribution in [0.2, 0.25) is 0 Å². The number of anilines is 1. The number of rotatable bonds is 8. The topological polar surface area (TPSA) is 73.8 Å². The Kier molecular flexibility index (Phi) is 5.79. The Hall–Kier alpha value is -3.61. The van der Waals surface area contributed by atoms with Crippen LogP contribution in [0.15, 0.2) is 72.0 Å². The summed E-state index contributed by atoms with van der Waals surface area (Å²) < 4.78 is 5.45. The standard InChI is InChI=1S/C23H25N5O2/c1-2-12-27-20-8-3-4-9-21(20)28(23(27)30)13-10-22(29)25-19-7-5-6-18(15-19)16-26-14-11-24-17-26/h3-9,11,14-15,17H,2,10,12-13,16H2,1H3,(H,25,29). The molecule has 0 radical (unpaired) electrons. The van der Waals surface area contributed by atoms with Gasteiger partial charge in [0.2, 0.25) is 5.91 Å². The van der Waals surface area contributed by atoms with Crippen LogP contribution in [0.25, 0.3) is 11.0 Å². The number of hydrogen-bond acceptors (Lipinski definition) is 3. The average molecular weight is 403 g/mol. The van der Waals surface area contributed by atoms with Crippen molar-refractivity contribution in [2.75, 3.05) is 5.32 Å². The van der Waals surface area contributed by atoms with Crippen molar-refractivity contribution in [3.63, 3.8) is 0 Å². The van der Waals surface area contributed by atoms with Crippen LogP contribution in [0.1, 0.15) is 25.3 Å². The second-order valence-electron chi connectivity index (χ2n) is 7.31. The van der Waals surface area contributed by atoms with Crippen LogP contribution in [0, 0.1) is 0 Å². The van der Waals surface area contributed by atoms with Gasteiger partial charge < -0.3 is 9.88 Å². The summed E-state index contributed by atoms with van der Waals surface area (Å²) in [6, 6.07) is 15.5. The van der Waals surface area contributed by atoms with Crippen molar-refractivity contribution in [1.82, 2.24) is 18.7 Å². The maximum Gasteiger partial charge on any atom is 0.329 e. The Bertz CT molecular complexity index is 1200. The monoisotopic (exact) mass is 403 g/mol. The number of aryl methyl sites for hydroxylation is 2. The quantitative estimate of drug-likeness (QED) is 0.489. The third kappa shape index (κ3) is 4.20. The Labute approximate surface area is 174 Å². The summed E-state index contributed by atoms with van der Waals surface area (Å²) in [5, 5.41) is 2.95. The summed E-state index contributed by atoms with van der Waals surface area (Å²) in [6.45, 7) is 3.75. The van der Waals surface area contributed by atoms with E-state index in [1.807, 2.05) is 66.2 Å². The van der Waals surface area contributed by atoms with Gasteiger partial charge in [-0.2, -0.15) is 0 Å². The van der Waals surface area contributed by atoms with E-state index in [1.54, 1.807) is 21.7 Å². The van der Waals surface area contributed by atoms with Crippen LogP contribution < -0.4 is 11.0 Å². The summed E-state index contributed by atoms with van der Waals surface area (Å²) in [5.74, 6) is -0.117. The minimum absolute atomic E-state index is 0.0619. The number of nitrogens with zero attached hydrogens (tertiary/aromatic N) is 4. The molecule has 4 aromatic rings. The smallest absolute Gasteiger partial charge is 0.329 e. The number of carbonyl (C=O) groups excluding carboxylic acids is 1. The van der Waals surface area contributed by atoms with Gasteiger partial charge in [-0.1, -0.05) is 31.2 Å². The highest BCUT2D eigenvalue weighted by atomic mass is 16.2. The fourth-order valence-electron chi connectivity index (χ4n) is 3.70. The van der Waals surface area contributed by atoms with Crippen molar-refractivity contribution in [1.29, 1.82) is 0 Å². The molecule has 4 rings (SSSR count). The fraction of sp³-hybridized carbons (Fsp3) is 0.261. The molecule has 0 atom stereocenters. The van der Waals surface area contributed by atoms with Crippen molar-refractivity contribution in [3.05, 3.63) is 83.3 Å². The van der Waals surface area contributed by atoms with E-state index in [2.05, 4.69) is 10.3 Å². The molecule has 7 heteroatoms. The molecule has 7 nitrogen and oxygen atoms in total. The van der Waals surface area contributed by atoms with Gasteiger partial charge in [0.05, 0.1) is 17.4 Å². The van der Waals surface area contributed by atoms with E-state index in [9.17, 15) is 9.59 Å². The Morgan fingerprint density at radius 3 is 2.50 bits per heavy atom. The zero-order chi connectivity index (χ0) is 20.9. The molecule has 2 heterocycles. The second kappa shape index (κ2) is 8.82. The van der Waals surface area contributed by atoms with E-state index in [1.165, 1.54) is 0 Å². The average Bonchev–Trinajstić information content (AvgIpc) is 3.34. The highest BCUT2D eigenvalue weighted by Crippen LogP contribution is 2.15. The number of benzene rings is 2. The van der Waals surface area contributed by atoms with Crippen LogP contribution >= 0.6 is 0 Å². The van der Waals surface area contributed by atoms with Gasteiger partial charge in [-0.05, 0) is 36.2 Å². The normalized spacial score (nSPS) is 11.1. The van der Waals surface area contributed by atoms with Crippen LogP contribution in [0.3, 0.4) is 0 Å². The number of nitrogens with one attached hydrogen (secondary N) is 1.